The quantitative estimate of drug-likeness (QED) is 0.586. The van der Waals surface area contributed by atoms with Crippen molar-refractivity contribution < 1.29 is 4.43 Å². The second-order valence-corrected chi connectivity index (χ2v) is 14.3. The van der Waals surface area contributed by atoms with E-state index in [1.807, 2.05) is 0 Å². The molecular formula is C19H34OSi. The molecule has 0 aliphatic heterocycles. The van der Waals surface area contributed by atoms with Crippen LogP contribution in [0.15, 0.2) is 23.3 Å². The van der Waals surface area contributed by atoms with Gasteiger partial charge in [0.2, 0.25) is 0 Å². The van der Waals surface area contributed by atoms with Crippen LogP contribution in [0.25, 0.3) is 0 Å². The molecule has 120 valence electrons. The van der Waals surface area contributed by atoms with E-state index in [1.54, 1.807) is 5.57 Å². The predicted molar refractivity (Wildman–Crippen MR) is 95.0 cm³/mol. The van der Waals surface area contributed by atoms with Crippen LogP contribution in [-0.2, 0) is 4.43 Å². The highest BCUT2D eigenvalue weighted by molar-refractivity contribution is 6.74. The van der Waals surface area contributed by atoms with E-state index in [1.165, 1.54) is 18.4 Å². The van der Waals surface area contributed by atoms with Crippen LogP contribution in [0, 0.1) is 17.3 Å². The third-order valence-corrected chi connectivity index (χ3v) is 10.4. The Kier molecular flexibility index (Phi) is 4.36. The largest absolute Gasteiger partial charge is 0.413 e. The van der Waals surface area contributed by atoms with Crippen LogP contribution in [-0.4, -0.2) is 14.9 Å². The van der Waals surface area contributed by atoms with Crippen molar-refractivity contribution in [3.63, 3.8) is 0 Å². The Bertz CT molecular complexity index is 462. The number of allylic oxidation sites excluding steroid dienone is 2. The smallest absolute Gasteiger partial charge is 0.192 e. The highest BCUT2D eigenvalue weighted by Crippen LogP contribution is 2.50. The van der Waals surface area contributed by atoms with E-state index in [2.05, 4.69) is 66.8 Å². The van der Waals surface area contributed by atoms with Gasteiger partial charge in [-0.25, -0.2) is 0 Å². The summed E-state index contributed by atoms with van der Waals surface area (Å²) in [5.41, 5.74) is 3.48. The molecule has 21 heavy (non-hydrogen) atoms. The lowest BCUT2D eigenvalue weighted by atomic mass is 9.83. The molecular weight excluding hydrogens is 272 g/mol. The maximum atomic E-state index is 6.41. The Labute approximate surface area is 133 Å². The van der Waals surface area contributed by atoms with Crippen LogP contribution in [0.1, 0.15) is 54.4 Å². The van der Waals surface area contributed by atoms with Gasteiger partial charge in [0.25, 0.3) is 0 Å². The summed E-state index contributed by atoms with van der Waals surface area (Å²) >= 11 is 0. The molecule has 2 rings (SSSR count). The van der Waals surface area contributed by atoms with Crippen molar-refractivity contribution in [1.82, 2.24) is 0 Å². The van der Waals surface area contributed by atoms with E-state index in [-0.39, 0.29) is 0 Å². The van der Waals surface area contributed by atoms with E-state index < -0.39 is 8.32 Å². The SMILES string of the molecule is CC1=CC(CO[Si](C)(C)C(C)(C)C)=C[C@@H]2CC(C)(C)C[C@H]12. The van der Waals surface area contributed by atoms with Gasteiger partial charge in [0.15, 0.2) is 8.32 Å². The van der Waals surface area contributed by atoms with Gasteiger partial charge in [-0.05, 0) is 60.7 Å². The lowest BCUT2D eigenvalue weighted by Crippen LogP contribution is -2.41. The van der Waals surface area contributed by atoms with Gasteiger partial charge >= 0.3 is 0 Å². The molecule has 0 aromatic carbocycles. The zero-order valence-electron chi connectivity index (χ0n) is 15.3. The molecule has 0 aromatic heterocycles. The second kappa shape index (κ2) is 5.38. The first kappa shape index (κ1) is 17.0. The molecule has 0 bridgehead atoms. The van der Waals surface area contributed by atoms with E-state index in [0.29, 0.717) is 10.5 Å². The van der Waals surface area contributed by atoms with Gasteiger partial charge in [0.1, 0.15) is 0 Å². The zero-order valence-corrected chi connectivity index (χ0v) is 16.3. The zero-order chi connectivity index (χ0) is 16.1. The molecule has 1 fully saturated rings. The Morgan fingerprint density at radius 2 is 1.86 bits per heavy atom. The van der Waals surface area contributed by atoms with Crippen molar-refractivity contribution in [3.05, 3.63) is 23.3 Å². The summed E-state index contributed by atoms with van der Waals surface area (Å²) in [4.78, 5) is 0. The molecule has 2 atom stereocenters. The molecule has 1 nitrogen and oxygen atoms in total. The number of hydrogen-bond acceptors (Lipinski definition) is 1. The lowest BCUT2D eigenvalue weighted by molar-refractivity contribution is 0.318. The van der Waals surface area contributed by atoms with E-state index in [9.17, 15) is 0 Å². The molecule has 0 unspecified atom stereocenters. The lowest BCUT2D eigenvalue weighted by Gasteiger charge is -2.36. The molecule has 0 aromatic rings. The molecule has 0 spiro atoms. The summed E-state index contributed by atoms with van der Waals surface area (Å²) in [7, 11) is -1.64. The van der Waals surface area contributed by atoms with Gasteiger partial charge in [-0.15, -0.1) is 0 Å². The first-order valence-electron chi connectivity index (χ1n) is 8.44. The van der Waals surface area contributed by atoms with Gasteiger partial charge < -0.3 is 4.43 Å². The monoisotopic (exact) mass is 306 g/mol. The number of rotatable bonds is 3. The number of hydrogen-bond donors (Lipinski definition) is 0. The fraction of sp³-hybridized carbons (Fsp3) is 0.789. The third-order valence-electron chi connectivity index (χ3n) is 5.91. The average molecular weight is 307 g/mol. The molecule has 2 aliphatic rings. The molecule has 1 saturated carbocycles. The summed E-state index contributed by atoms with van der Waals surface area (Å²) in [6, 6.07) is 0. The van der Waals surface area contributed by atoms with Crippen molar-refractivity contribution in [1.29, 1.82) is 0 Å². The number of fused-ring (bicyclic) bond motifs is 1. The van der Waals surface area contributed by atoms with Crippen LogP contribution >= 0.6 is 0 Å². The minimum atomic E-state index is -1.64. The minimum absolute atomic E-state index is 0.291. The standard InChI is InChI=1S/C19H34OSi/c1-14-9-15(13-20-21(7,8)18(2,3)4)10-16-11-19(5,6)12-17(14)16/h9-10,16-17H,11-13H2,1-8H3/t16-,17-/m1/s1. The van der Waals surface area contributed by atoms with Crippen molar-refractivity contribution in [3.8, 4) is 0 Å². The Hall–Kier alpha value is -0.343. The molecule has 2 aliphatic carbocycles. The maximum Gasteiger partial charge on any atom is 0.192 e. The van der Waals surface area contributed by atoms with E-state index in [0.717, 1.165) is 18.4 Å². The Morgan fingerprint density at radius 1 is 1.24 bits per heavy atom. The molecule has 0 radical (unpaired) electrons. The molecule has 0 N–H and O–H groups in total. The summed E-state index contributed by atoms with van der Waals surface area (Å²) < 4.78 is 6.41. The first-order valence-corrected chi connectivity index (χ1v) is 11.3. The van der Waals surface area contributed by atoms with Crippen molar-refractivity contribution in [2.45, 2.75) is 72.5 Å². The van der Waals surface area contributed by atoms with Crippen LogP contribution in [0.3, 0.4) is 0 Å². The van der Waals surface area contributed by atoms with Crippen molar-refractivity contribution >= 4 is 8.32 Å². The van der Waals surface area contributed by atoms with Gasteiger partial charge in [-0.1, -0.05) is 52.3 Å². The van der Waals surface area contributed by atoms with Gasteiger partial charge in [-0.2, -0.15) is 0 Å². The van der Waals surface area contributed by atoms with Gasteiger partial charge in [0.05, 0.1) is 6.61 Å². The molecule has 0 saturated heterocycles. The first-order chi connectivity index (χ1) is 9.41. The normalized spacial score (nSPS) is 29.0. The van der Waals surface area contributed by atoms with Gasteiger partial charge in [-0.3, -0.25) is 0 Å². The minimum Gasteiger partial charge on any atom is -0.413 e. The summed E-state index contributed by atoms with van der Waals surface area (Å²) in [5, 5.41) is 0.291. The summed E-state index contributed by atoms with van der Waals surface area (Å²) in [5.74, 6) is 1.51. The molecule has 0 amide bonds. The van der Waals surface area contributed by atoms with Crippen molar-refractivity contribution in [2.24, 2.45) is 17.3 Å². The van der Waals surface area contributed by atoms with Crippen LogP contribution in [0.4, 0.5) is 0 Å². The van der Waals surface area contributed by atoms with E-state index >= 15 is 0 Å². The average Bonchev–Trinajstić information content (AvgIpc) is 2.60. The molecule has 0 heterocycles. The third kappa shape index (κ3) is 3.71. The molecule has 2 heteroatoms. The Balaban J connectivity index is 2.06. The predicted octanol–water partition coefficient (Wildman–Crippen LogP) is 5.95. The van der Waals surface area contributed by atoms with Crippen LogP contribution in [0.2, 0.25) is 18.1 Å². The Morgan fingerprint density at radius 3 is 2.43 bits per heavy atom. The highest BCUT2D eigenvalue weighted by Gasteiger charge is 2.41. The summed E-state index contributed by atoms with van der Waals surface area (Å²) in [6.45, 7) is 19.6. The van der Waals surface area contributed by atoms with Gasteiger partial charge in [0, 0.05) is 0 Å². The van der Waals surface area contributed by atoms with E-state index in [4.69, 9.17) is 4.43 Å². The van der Waals surface area contributed by atoms with Crippen LogP contribution in [0.5, 0.6) is 0 Å². The van der Waals surface area contributed by atoms with Crippen molar-refractivity contribution in [2.75, 3.05) is 6.61 Å². The second-order valence-electron chi connectivity index (χ2n) is 9.52. The maximum absolute atomic E-state index is 6.41. The topological polar surface area (TPSA) is 9.23 Å². The van der Waals surface area contributed by atoms with Crippen LogP contribution < -0.4 is 0 Å². The summed E-state index contributed by atoms with van der Waals surface area (Å²) in [6.07, 6.45) is 7.58. The fourth-order valence-electron chi connectivity index (χ4n) is 3.58. The fourth-order valence-corrected chi connectivity index (χ4v) is 4.54. The highest BCUT2D eigenvalue weighted by atomic mass is 28.4.